The van der Waals surface area contributed by atoms with Gasteiger partial charge in [-0.3, -0.25) is 9.69 Å². The number of methoxy groups -OCH3 is 1. The number of aliphatic carboxylic acids is 1. The van der Waals surface area contributed by atoms with E-state index in [1.807, 2.05) is 13.8 Å². The smallest absolute Gasteiger partial charge is 0.325 e. The van der Waals surface area contributed by atoms with Crippen molar-refractivity contribution in [2.45, 2.75) is 19.9 Å². The van der Waals surface area contributed by atoms with Crippen LogP contribution in [-0.2, 0) is 4.79 Å². The van der Waals surface area contributed by atoms with Gasteiger partial charge in [-0.1, -0.05) is 19.9 Å². The summed E-state index contributed by atoms with van der Waals surface area (Å²) >= 11 is 0. The van der Waals surface area contributed by atoms with Gasteiger partial charge in [0, 0.05) is 0 Å². The van der Waals surface area contributed by atoms with E-state index >= 15 is 0 Å². The molecule has 1 rings (SSSR count). The van der Waals surface area contributed by atoms with Crippen molar-refractivity contribution in [1.29, 1.82) is 0 Å². The van der Waals surface area contributed by atoms with Gasteiger partial charge < -0.3 is 9.84 Å². The molecule has 0 saturated carbocycles. The molecule has 1 unspecified atom stereocenters. The summed E-state index contributed by atoms with van der Waals surface area (Å²) in [5.41, 5.74) is 0.421. The lowest BCUT2D eigenvalue weighted by Crippen LogP contribution is -2.33. The molecule has 1 aromatic rings. The van der Waals surface area contributed by atoms with E-state index in [1.165, 1.54) is 19.2 Å². The fraction of sp³-hybridized carbons (Fsp3) is 0.462. The van der Waals surface area contributed by atoms with Gasteiger partial charge in [-0.05, 0) is 30.8 Å². The minimum absolute atomic E-state index is 0.113. The number of ether oxygens (including phenoxy) is 1. The molecule has 0 amide bonds. The molecule has 1 aromatic carbocycles. The molecule has 0 spiro atoms. The number of nitrogens with zero attached hydrogens (tertiary/aromatic N) is 1. The van der Waals surface area contributed by atoms with Gasteiger partial charge in [-0.25, -0.2) is 4.39 Å². The Bertz CT molecular complexity index is 419. The zero-order chi connectivity index (χ0) is 13.7. The molecule has 0 heterocycles. The monoisotopic (exact) mass is 255 g/mol. The van der Waals surface area contributed by atoms with E-state index in [-0.39, 0.29) is 5.75 Å². The molecule has 0 saturated heterocycles. The minimum atomic E-state index is -0.983. The minimum Gasteiger partial charge on any atom is -0.494 e. The topological polar surface area (TPSA) is 49.8 Å². The SMILES string of the molecule is CCN(CC)C(C(=O)O)c1ccc(OC)c(F)c1. The Morgan fingerprint density at radius 3 is 2.44 bits per heavy atom. The van der Waals surface area contributed by atoms with E-state index in [9.17, 15) is 14.3 Å². The number of hydrogen-bond donors (Lipinski definition) is 1. The second kappa shape index (κ2) is 6.35. The molecular weight excluding hydrogens is 237 g/mol. The van der Waals surface area contributed by atoms with Crippen molar-refractivity contribution in [3.63, 3.8) is 0 Å². The second-order valence-corrected chi connectivity index (χ2v) is 3.86. The summed E-state index contributed by atoms with van der Waals surface area (Å²) in [7, 11) is 1.37. The summed E-state index contributed by atoms with van der Waals surface area (Å²) in [6.07, 6.45) is 0. The molecule has 1 N–H and O–H groups in total. The number of hydrogen-bond acceptors (Lipinski definition) is 3. The second-order valence-electron chi connectivity index (χ2n) is 3.86. The fourth-order valence-electron chi connectivity index (χ4n) is 1.95. The summed E-state index contributed by atoms with van der Waals surface area (Å²) in [5.74, 6) is -1.42. The van der Waals surface area contributed by atoms with Crippen LogP contribution in [0.4, 0.5) is 4.39 Å². The maximum atomic E-state index is 13.6. The zero-order valence-corrected chi connectivity index (χ0v) is 10.8. The first kappa shape index (κ1) is 14.4. The quantitative estimate of drug-likeness (QED) is 0.847. The summed E-state index contributed by atoms with van der Waals surface area (Å²) in [5, 5.41) is 9.28. The zero-order valence-electron chi connectivity index (χ0n) is 10.8. The third-order valence-electron chi connectivity index (χ3n) is 2.90. The number of rotatable bonds is 6. The van der Waals surface area contributed by atoms with Crippen LogP contribution < -0.4 is 4.74 Å². The van der Waals surface area contributed by atoms with Crippen molar-refractivity contribution in [3.05, 3.63) is 29.6 Å². The van der Waals surface area contributed by atoms with Crippen molar-refractivity contribution in [3.8, 4) is 5.75 Å². The molecule has 0 fully saturated rings. The summed E-state index contributed by atoms with van der Waals surface area (Å²) in [6, 6.07) is 3.42. The van der Waals surface area contributed by atoms with Gasteiger partial charge >= 0.3 is 5.97 Å². The van der Waals surface area contributed by atoms with Crippen LogP contribution in [0.1, 0.15) is 25.5 Å². The van der Waals surface area contributed by atoms with Crippen molar-refractivity contribution >= 4 is 5.97 Å². The normalized spacial score (nSPS) is 12.5. The maximum Gasteiger partial charge on any atom is 0.325 e. The van der Waals surface area contributed by atoms with Crippen molar-refractivity contribution in [2.75, 3.05) is 20.2 Å². The van der Waals surface area contributed by atoms with Gasteiger partial charge in [0.15, 0.2) is 11.6 Å². The van der Waals surface area contributed by atoms with Crippen molar-refractivity contribution in [2.24, 2.45) is 0 Å². The van der Waals surface area contributed by atoms with Crippen LogP contribution in [0.15, 0.2) is 18.2 Å². The lowest BCUT2D eigenvalue weighted by molar-refractivity contribution is -0.143. The predicted molar refractivity (Wildman–Crippen MR) is 66.2 cm³/mol. The Morgan fingerprint density at radius 1 is 1.44 bits per heavy atom. The van der Waals surface area contributed by atoms with Crippen LogP contribution in [0.2, 0.25) is 0 Å². The number of carboxylic acids is 1. The van der Waals surface area contributed by atoms with Crippen LogP contribution in [0.5, 0.6) is 5.75 Å². The number of likely N-dealkylation sites (N-methyl/N-ethyl adjacent to an activating group) is 1. The van der Waals surface area contributed by atoms with E-state index in [4.69, 9.17) is 4.74 Å². The highest BCUT2D eigenvalue weighted by molar-refractivity contribution is 5.75. The molecule has 18 heavy (non-hydrogen) atoms. The van der Waals surface area contributed by atoms with Crippen molar-refractivity contribution in [1.82, 2.24) is 4.90 Å². The maximum absolute atomic E-state index is 13.6. The standard InChI is InChI=1S/C13H18FNO3/c1-4-15(5-2)12(13(16)17)9-6-7-11(18-3)10(14)8-9/h6-8,12H,4-5H2,1-3H3,(H,16,17). The van der Waals surface area contributed by atoms with Gasteiger partial charge in [0.25, 0.3) is 0 Å². The summed E-state index contributed by atoms with van der Waals surface area (Å²) in [6.45, 7) is 4.92. The van der Waals surface area contributed by atoms with Gasteiger partial charge in [0.05, 0.1) is 7.11 Å². The number of carbonyl (C=O) groups is 1. The van der Waals surface area contributed by atoms with Crippen LogP contribution in [-0.4, -0.2) is 36.2 Å². The Morgan fingerprint density at radius 2 is 2.06 bits per heavy atom. The predicted octanol–water partition coefficient (Wildman–Crippen LogP) is 2.30. The molecule has 0 aliphatic heterocycles. The first-order valence-corrected chi connectivity index (χ1v) is 5.85. The van der Waals surface area contributed by atoms with Crippen LogP contribution in [0, 0.1) is 5.82 Å². The first-order valence-electron chi connectivity index (χ1n) is 5.85. The molecule has 100 valence electrons. The van der Waals surface area contributed by atoms with E-state index in [2.05, 4.69) is 0 Å². The Kier molecular flexibility index (Phi) is 5.09. The third-order valence-corrected chi connectivity index (χ3v) is 2.90. The summed E-state index contributed by atoms with van der Waals surface area (Å²) in [4.78, 5) is 13.1. The molecule has 0 aliphatic carbocycles. The van der Waals surface area contributed by atoms with E-state index in [0.29, 0.717) is 18.7 Å². The Labute approximate surface area is 106 Å². The van der Waals surface area contributed by atoms with Crippen molar-refractivity contribution < 1.29 is 19.0 Å². The number of carboxylic acid groups (broad SMARTS) is 1. The highest BCUT2D eigenvalue weighted by atomic mass is 19.1. The molecule has 0 aliphatic rings. The van der Waals surface area contributed by atoms with Gasteiger partial charge in [0.2, 0.25) is 0 Å². The van der Waals surface area contributed by atoms with E-state index < -0.39 is 17.8 Å². The van der Waals surface area contributed by atoms with E-state index in [1.54, 1.807) is 11.0 Å². The molecular formula is C13H18FNO3. The summed E-state index contributed by atoms with van der Waals surface area (Å²) < 4.78 is 18.4. The van der Waals surface area contributed by atoms with Gasteiger partial charge in [-0.2, -0.15) is 0 Å². The third kappa shape index (κ3) is 2.98. The van der Waals surface area contributed by atoms with Crippen LogP contribution >= 0.6 is 0 Å². The Hall–Kier alpha value is -1.62. The fourth-order valence-corrected chi connectivity index (χ4v) is 1.95. The molecule has 0 bridgehead atoms. The number of halogens is 1. The highest BCUT2D eigenvalue weighted by Gasteiger charge is 2.26. The lowest BCUT2D eigenvalue weighted by atomic mass is 10.0. The Balaban J connectivity index is 3.14. The first-order chi connectivity index (χ1) is 8.54. The van der Waals surface area contributed by atoms with Crippen LogP contribution in [0.25, 0.3) is 0 Å². The molecule has 5 heteroatoms. The largest absolute Gasteiger partial charge is 0.494 e. The molecule has 1 atom stereocenters. The average molecular weight is 255 g/mol. The molecule has 0 radical (unpaired) electrons. The van der Waals surface area contributed by atoms with Gasteiger partial charge in [0.1, 0.15) is 6.04 Å². The lowest BCUT2D eigenvalue weighted by Gasteiger charge is -2.26. The molecule has 4 nitrogen and oxygen atoms in total. The van der Waals surface area contributed by atoms with E-state index in [0.717, 1.165) is 0 Å². The van der Waals surface area contributed by atoms with Crippen LogP contribution in [0.3, 0.4) is 0 Å². The highest BCUT2D eigenvalue weighted by Crippen LogP contribution is 2.25. The molecule has 0 aromatic heterocycles. The number of benzene rings is 1. The van der Waals surface area contributed by atoms with Gasteiger partial charge in [-0.15, -0.1) is 0 Å². The average Bonchev–Trinajstić information content (AvgIpc) is 2.35.